The average Bonchev–Trinajstić information content (AvgIpc) is 2.43. The summed E-state index contributed by atoms with van der Waals surface area (Å²) in [5.41, 5.74) is 1.40. The Morgan fingerprint density at radius 1 is 1.21 bits per heavy atom. The fraction of sp³-hybridized carbons (Fsp3) is 0.529. The van der Waals surface area contributed by atoms with Gasteiger partial charge in [0, 0.05) is 10.5 Å². The first-order chi connectivity index (χ1) is 9.27. The lowest BCUT2D eigenvalue weighted by atomic mass is 10.00. The van der Waals surface area contributed by atoms with Gasteiger partial charge < -0.3 is 5.32 Å². The maximum absolute atomic E-state index is 3.77. The van der Waals surface area contributed by atoms with Crippen molar-refractivity contribution in [3.63, 3.8) is 0 Å². The van der Waals surface area contributed by atoms with Crippen molar-refractivity contribution in [2.24, 2.45) is 0 Å². The molecule has 1 aromatic carbocycles. The van der Waals surface area contributed by atoms with E-state index in [4.69, 9.17) is 0 Å². The van der Waals surface area contributed by atoms with Crippen LogP contribution in [0.1, 0.15) is 57.1 Å². The highest BCUT2D eigenvalue weighted by molar-refractivity contribution is 9.10. The van der Waals surface area contributed by atoms with Crippen LogP contribution >= 0.6 is 15.9 Å². The molecule has 0 amide bonds. The standard InChI is InChI=1S/C17H26BrN/c1-3-5-6-7-8-9-17(19-14-4-2)15-10-12-16(18)13-11-15/h3,10-13,17,19H,1,4-9,14H2,2H3. The molecule has 1 N–H and O–H groups in total. The SMILES string of the molecule is C=CCCCCCC(NCCC)c1ccc(Br)cc1. The van der Waals surface area contributed by atoms with Crippen LogP contribution in [0.5, 0.6) is 0 Å². The maximum atomic E-state index is 3.77. The lowest BCUT2D eigenvalue weighted by Gasteiger charge is -2.19. The zero-order valence-corrected chi connectivity index (χ0v) is 13.6. The van der Waals surface area contributed by atoms with E-state index < -0.39 is 0 Å². The maximum Gasteiger partial charge on any atom is 0.0320 e. The topological polar surface area (TPSA) is 12.0 Å². The molecule has 0 aliphatic carbocycles. The summed E-state index contributed by atoms with van der Waals surface area (Å²) in [6.45, 7) is 7.08. The van der Waals surface area contributed by atoms with Gasteiger partial charge in [-0.15, -0.1) is 6.58 Å². The van der Waals surface area contributed by atoms with Gasteiger partial charge in [0.2, 0.25) is 0 Å². The van der Waals surface area contributed by atoms with Crippen LogP contribution in [-0.2, 0) is 0 Å². The van der Waals surface area contributed by atoms with Gasteiger partial charge in [0.05, 0.1) is 0 Å². The Balaban J connectivity index is 2.46. The molecular weight excluding hydrogens is 298 g/mol. The summed E-state index contributed by atoms with van der Waals surface area (Å²) in [7, 11) is 0. The number of rotatable bonds is 10. The minimum absolute atomic E-state index is 0.497. The highest BCUT2D eigenvalue weighted by Crippen LogP contribution is 2.22. The fourth-order valence-electron chi connectivity index (χ4n) is 2.21. The second-order valence-electron chi connectivity index (χ2n) is 4.98. The predicted octanol–water partition coefficient (Wildman–Crippen LogP) is 5.63. The molecule has 2 heteroatoms. The summed E-state index contributed by atoms with van der Waals surface area (Å²) in [5, 5.41) is 3.66. The predicted molar refractivity (Wildman–Crippen MR) is 88.5 cm³/mol. The number of hydrogen-bond donors (Lipinski definition) is 1. The molecule has 0 aliphatic heterocycles. The number of hydrogen-bond acceptors (Lipinski definition) is 1. The second kappa shape index (κ2) is 10.2. The summed E-state index contributed by atoms with van der Waals surface area (Å²) in [6, 6.07) is 9.21. The van der Waals surface area contributed by atoms with Gasteiger partial charge in [0.1, 0.15) is 0 Å². The Morgan fingerprint density at radius 2 is 1.95 bits per heavy atom. The van der Waals surface area contributed by atoms with Crippen molar-refractivity contribution in [1.29, 1.82) is 0 Å². The molecule has 0 saturated carbocycles. The minimum Gasteiger partial charge on any atom is -0.310 e. The van der Waals surface area contributed by atoms with Crippen LogP contribution in [0.2, 0.25) is 0 Å². The Labute approximate surface area is 126 Å². The molecule has 1 unspecified atom stereocenters. The number of nitrogens with one attached hydrogen (secondary N) is 1. The van der Waals surface area contributed by atoms with Gasteiger partial charge >= 0.3 is 0 Å². The lowest BCUT2D eigenvalue weighted by molar-refractivity contribution is 0.472. The molecule has 19 heavy (non-hydrogen) atoms. The van der Waals surface area contributed by atoms with Crippen LogP contribution in [0.15, 0.2) is 41.4 Å². The summed E-state index contributed by atoms with van der Waals surface area (Å²) in [5.74, 6) is 0. The van der Waals surface area contributed by atoms with Crippen LogP contribution in [0.4, 0.5) is 0 Å². The third-order valence-electron chi connectivity index (χ3n) is 3.31. The summed E-state index contributed by atoms with van der Waals surface area (Å²) in [6.07, 6.45) is 9.41. The van der Waals surface area contributed by atoms with Gasteiger partial charge in [-0.2, -0.15) is 0 Å². The zero-order valence-electron chi connectivity index (χ0n) is 12.0. The van der Waals surface area contributed by atoms with E-state index in [-0.39, 0.29) is 0 Å². The van der Waals surface area contributed by atoms with E-state index in [9.17, 15) is 0 Å². The summed E-state index contributed by atoms with van der Waals surface area (Å²) >= 11 is 3.50. The van der Waals surface area contributed by atoms with E-state index in [2.05, 4.69) is 59.0 Å². The van der Waals surface area contributed by atoms with Crippen LogP contribution in [0.3, 0.4) is 0 Å². The van der Waals surface area contributed by atoms with Gasteiger partial charge in [-0.05, 0) is 49.9 Å². The molecule has 0 bridgehead atoms. The molecule has 0 saturated heterocycles. The number of benzene rings is 1. The van der Waals surface area contributed by atoms with Gasteiger partial charge in [-0.25, -0.2) is 0 Å². The van der Waals surface area contributed by atoms with Gasteiger partial charge in [0.15, 0.2) is 0 Å². The average molecular weight is 324 g/mol. The Morgan fingerprint density at radius 3 is 2.58 bits per heavy atom. The molecule has 1 atom stereocenters. The van der Waals surface area contributed by atoms with Crippen molar-refractivity contribution in [3.05, 3.63) is 47.0 Å². The molecule has 0 fully saturated rings. The van der Waals surface area contributed by atoms with Gasteiger partial charge in [-0.3, -0.25) is 0 Å². The van der Waals surface area contributed by atoms with Crippen molar-refractivity contribution in [1.82, 2.24) is 5.32 Å². The molecule has 0 radical (unpaired) electrons. The van der Waals surface area contributed by atoms with Crippen molar-refractivity contribution in [2.45, 2.75) is 51.5 Å². The van der Waals surface area contributed by atoms with Crippen molar-refractivity contribution < 1.29 is 0 Å². The minimum atomic E-state index is 0.497. The molecule has 0 spiro atoms. The van der Waals surface area contributed by atoms with Gasteiger partial charge in [-0.1, -0.05) is 53.9 Å². The first-order valence-corrected chi connectivity index (χ1v) is 8.17. The summed E-state index contributed by atoms with van der Waals surface area (Å²) in [4.78, 5) is 0. The molecular formula is C17H26BrN. The Hall–Kier alpha value is -0.600. The monoisotopic (exact) mass is 323 g/mol. The molecule has 0 aliphatic rings. The Kier molecular flexibility index (Phi) is 8.85. The van der Waals surface area contributed by atoms with E-state index in [1.54, 1.807) is 0 Å². The highest BCUT2D eigenvalue weighted by atomic mass is 79.9. The first-order valence-electron chi connectivity index (χ1n) is 7.37. The molecule has 106 valence electrons. The van der Waals surface area contributed by atoms with Crippen molar-refractivity contribution in [2.75, 3.05) is 6.54 Å². The van der Waals surface area contributed by atoms with E-state index in [0.717, 1.165) is 17.4 Å². The number of halogens is 1. The van der Waals surface area contributed by atoms with E-state index >= 15 is 0 Å². The third kappa shape index (κ3) is 6.93. The molecule has 1 aromatic rings. The zero-order chi connectivity index (χ0) is 13.9. The smallest absolute Gasteiger partial charge is 0.0320 e. The first kappa shape index (κ1) is 16.5. The third-order valence-corrected chi connectivity index (χ3v) is 3.84. The lowest BCUT2D eigenvalue weighted by Crippen LogP contribution is -2.22. The number of allylic oxidation sites excluding steroid dienone is 1. The van der Waals surface area contributed by atoms with E-state index in [0.29, 0.717) is 6.04 Å². The molecule has 1 nitrogen and oxygen atoms in total. The van der Waals surface area contributed by atoms with E-state index in [1.807, 2.05) is 6.08 Å². The highest BCUT2D eigenvalue weighted by Gasteiger charge is 2.09. The molecule has 1 rings (SSSR count). The van der Waals surface area contributed by atoms with Crippen molar-refractivity contribution >= 4 is 15.9 Å². The van der Waals surface area contributed by atoms with Gasteiger partial charge in [0.25, 0.3) is 0 Å². The van der Waals surface area contributed by atoms with Crippen LogP contribution in [0, 0.1) is 0 Å². The van der Waals surface area contributed by atoms with E-state index in [1.165, 1.54) is 37.7 Å². The van der Waals surface area contributed by atoms with Crippen LogP contribution in [0.25, 0.3) is 0 Å². The van der Waals surface area contributed by atoms with Crippen molar-refractivity contribution in [3.8, 4) is 0 Å². The molecule has 0 aromatic heterocycles. The second-order valence-corrected chi connectivity index (χ2v) is 5.90. The van der Waals surface area contributed by atoms with Crippen LogP contribution < -0.4 is 5.32 Å². The normalized spacial score (nSPS) is 12.3. The Bertz CT molecular complexity index is 345. The largest absolute Gasteiger partial charge is 0.310 e. The fourth-order valence-corrected chi connectivity index (χ4v) is 2.48. The molecule has 0 heterocycles. The number of unbranched alkanes of at least 4 members (excludes halogenated alkanes) is 3. The van der Waals surface area contributed by atoms with Crippen LogP contribution in [-0.4, -0.2) is 6.54 Å². The summed E-state index contributed by atoms with van der Waals surface area (Å²) < 4.78 is 1.15. The quantitative estimate of drug-likeness (QED) is 0.435.